The van der Waals surface area contributed by atoms with Crippen molar-refractivity contribution in [3.8, 4) is 5.75 Å². The molecule has 0 aliphatic rings. The first-order chi connectivity index (χ1) is 15.5. The van der Waals surface area contributed by atoms with E-state index in [0.29, 0.717) is 17.7 Å². The smallest absolute Gasteiger partial charge is 0.271 e. The number of nitrogens with zero attached hydrogens (tertiary/aromatic N) is 2. The van der Waals surface area contributed by atoms with Gasteiger partial charge in [0, 0.05) is 23.3 Å². The van der Waals surface area contributed by atoms with Crippen LogP contribution in [0.4, 0.5) is 5.69 Å². The maximum Gasteiger partial charge on any atom is 0.271 e. The predicted molar refractivity (Wildman–Crippen MR) is 127 cm³/mol. The molecule has 0 saturated carbocycles. The minimum absolute atomic E-state index is 0.0223. The number of hydrazone groups is 1. The lowest BCUT2D eigenvalue weighted by molar-refractivity contribution is -0.384. The highest BCUT2D eigenvalue weighted by molar-refractivity contribution is 5.95. The Kier molecular flexibility index (Phi) is 10.9. The molecule has 0 unspecified atom stereocenters. The van der Waals surface area contributed by atoms with E-state index in [2.05, 4.69) is 17.5 Å². The van der Waals surface area contributed by atoms with Gasteiger partial charge in [0.15, 0.2) is 0 Å². The van der Waals surface area contributed by atoms with Crippen LogP contribution in [0.15, 0.2) is 47.6 Å². The van der Waals surface area contributed by atoms with E-state index in [4.69, 9.17) is 4.74 Å². The van der Waals surface area contributed by atoms with Crippen molar-refractivity contribution in [1.29, 1.82) is 0 Å². The minimum Gasteiger partial charge on any atom is -0.494 e. The van der Waals surface area contributed by atoms with Crippen LogP contribution in [0.25, 0.3) is 0 Å². The van der Waals surface area contributed by atoms with Gasteiger partial charge >= 0.3 is 0 Å². The van der Waals surface area contributed by atoms with E-state index in [1.165, 1.54) is 63.3 Å². The van der Waals surface area contributed by atoms with Crippen LogP contribution in [0.2, 0.25) is 0 Å². The van der Waals surface area contributed by atoms with Crippen LogP contribution in [-0.2, 0) is 0 Å². The lowest BCUT2D eigenvalue weighted by Crippen LogP contribution is -2.17. The Morgan fingerprint density at radius 1 is 1.03 bits per heavy atom. The molecule has 7 nitrogen and oxygen atoms in total. The highest BCUT2D eigenvalue weighted by atomic mass is 16.6. The number of nitro groups is 1. The Morgan fingerprint density at radius 3 is 2.34 bits per heavy atom. The molecule has 1 amide bonds. The quantitative estimate of drug-likeness (QED) is 0.164. The number of carbonyl (C=O) groups is 1. The number of benzene rings is 2. The van der Waals surface area contributed by atoms with E-state index in [1.807, 2.05) is 6.92 Å². The summed E-state index contributed by atoms with van der Waals surface area (Å²) in [6.07, 6.45) is 11.4. The van der Waals surface area contributed by atoms with Crippen molar-refractivity contribution in [3.63, 3.8) is 0 Å². The van der Waals surface area contributed by atoms with E-state index >= 15 is 0 Å². The standard InChI is InChI=1S/C25H33N3O4/c1-3-4-5-6-7-8-9-10-17-32-24-15-12-21(13-16-24)25(29)27-26-19-22-18-23(28(30)31)14-11-20(22)2/h11-16,18-19H,3-10,17H2,1-2H3,(H,27,29). The number of non-ortho nitro benzene ring substituents is 1. The van der Waals surface area contributed by atoms with Gasteiger partial charge in [-0.2, -0.15) is 5.10 Å². The summed E-state index contributed by atoms with van der Waals surface area (Å²) in [5.74, 6) is 0.374. The summed E-state index contributed by atoms with van der Waals surface area (Å²) in [6, 6.07) is 11.4. The second-order valence-electron chi connectivity index (χ2n) is 7.84. The highest BCUT2D eigenvalue weighted by Crippen LogP contribution is 2.16. The predicted octanol–water partition coefficient (Wildman–Crippen LogP) is 6.19. The van der Waals surface area contributed by atoms with Crippen molar-refractivity contribution >= 4 is 17.8 Å². The Hall–Kier alpha value is -3.22. The molecule has 0 aliphatic heterocycles. The maximum absolute atomic E-state index is 12.3. The number of ether oxygens (including phenoxy) is 1. The number of carbonyl (C=O) groups excluding carboxylic acids is 1. The fraction of sp³-hybridized carbons (Fsp3) is 0.440. The van der Waals surface area contributed by atoms with Gasteiger partial charge in [-0.3, -0.25) is 14.9 Å². The van der Waals surface area contributed by atoms with Crippen LogP contribution >= 0.6 is 0 Å². The first-order valence-corrected chi connectivity index (χ1v) is 11.3. The Labute approximate surface area is 190 Å². The first kappa shape index (κ1) is 25.0. The van der Waals surface area contributed by atoms with E-state index in [1.54, 1.807) is 30.3 Å². The lowest BCUT2D eigenvalue weighted by atomic mass is 10.1. The van der Waals surface area contributed by atoms with Gasteiger partial charge in [-0.15, -0.1) is 0 Å². The number of hydrogen-bond donors (Lipinski definition) is 1. The molecule has 0 spiro atoms. The molecule has 7 heteroatoms. The summed E-state index contributed by atoms with van der Waals surface area (Å²) < 4.78 is 5.75. The third-order valence-corrected chi connectivity index (χ3v) is 5.23. The zero-order valence-electron chi connectivity index (χ0n) is 19.0. The SMILES string of the molecule is CCCCCCCCCCOc1ccc(C(=O)NN=Cc2cc([N+](=O)[O-])ccc2C)cc1. The van der Waals surface area contributed by atoms with Gasteiger partial charge in [-0.05, 0) is 43.2 Å². The van der Waals surface area contributed by atoms with E-state index in [0.717, 1.165) is 17.7 Å². The van der Waals surface area contributed by atoms with Crippen molar-refractivity contribution in [3.05, 3.63) is 69.3 Å². The van der Waals surface area contributed by atoms with Crippen molar-refractivity contribution in [2.24, 2.45) is 5.10 Å². The highest BCUT2D eigenvalue weighted by Gasteiger charge is 2.08. The topological polar surface area (TPSA) is 93.8 Å². The van der Waals surface area contributed by atoms with Gasteiger partial charge < -0.3 is 4.74 Å². The van der Waals surface area contributed by atoms with E-state index in [-0.39, 0.29) is 11.6 Å². The summed E-state index contributed by atoms with van der Waals surface area (Å²) in [7, 11) is 0. The second-order valence-corrected chi connectivity index (χ2v) is 7.84. The molecule has 32 heavy (non-hydrogen) atoms. The molecule has 0 aliphatic carbocycles. The van der Waals surface area contributed by atoms with Gasteiger partial charge in [0.25, 0.3) is 11.6 Å². The maximum atomic E-state index is 12.3. The van der Waals surface area contributed by atoms with Crippen LogP contribution < -0.4 is 10.2 Å². The third kappa shape index (κ3) is 8.88. The molecule has 2 aromatic carbocycles. The van der Waals surface area contributed by atoms with Crippen LogP contribution in [0.5, 0.6) is 5.75 Å². The molecule has 0 heterocycles. The number of nitrogens with one attached hydrogen (secondary N) is 1. The summed E-state index contributed by atoms with van der Waals surface area (Å²) in [4.78, 5) is 22.7. The fourth-order valence-corrected chi connectivity index (χ4v) is 3.23. The fourth-order valence-electron chi connectivity index (χ4n) is 3.23. The van der Waals surface area contributed by atoms with Gasteiger partial charge in [-0.25, -0.2) is 5.43 Å². The Balaban J connectivity index is 1.72. The molecule has 0 radical (unpaired) electrons. The van der Waals surface area contributed by atoms with Crippen LogP contribution in [0.1, 0.15) is 79.8 Å². The molecule has 0 saturated heterocycles. The monoisotopic (exact) mass is 439 g/mol. The number of hydrogen-bond acceptors (Lipinski definition) is 5. The van der Waals surface area contributed by atoms with Crippen molar-refractivity contribution in [1.82, 2.24) is 5.43 Å². The van der Waals surface area contributed by atoms with Crippen molar-refractivity contribution in [2.75, 3.05) is 6.61 Å². The largest absolute Gasteiger partial charge is 0.494 e. The normalized spacial score (nSPS) is 10.9. The van der Waals surface area contributed by atoms with Crippen LogP contribution in [0.3, 0.4) is 0 Å². The van der Waals surface area contributed by atoms with Crippen LogP contribution in [0, 0.1) is 17.0 Å². The summed E-state index contributed by atoms with van der Waals surface area (Å²) >= 11 is 0. The molecule has 2 rings (SSSR count). The molecule has 0 fully saturated rings. The number of rotatable bonds is 14. The van der Waals surface area contributed by atoms with Gasteiger partial charge in [-0.1, -0.05) is 57.9 Å². The number of aryl methyl sites for hydroxylation is 1. The second kappa shape index (κ2) is 14.0. The molecule has 2 aromatic rings. The summed E-state index contributed by atoms with van der Waals surface area (Å²) in [6.45, 7) is 4.72. The molecule has 1 N–H and O–H groups in total. The zero-order chi connectivity index (χ0) is 23.2. The first-order valence-electron chi connectivity index (χ1n) is 11.3. The molecule has 172 valence electrons. The van der Waals surface area contributed by atoms with Crippen molar-refractivity contribution < 1.29 is 14.5 Å². The average Bonchev–Trinajstić information content (AvgIpc) is 2.79. The molecular formula is C25H33N3O4. The number of nitro benzene ring substituents is 1. The lowest BCUT2D eigenvalue weighted by Gasteiger charge is -2.07. The van der Waals surface area contributed by atoms with E-state index in [9.17, 15) is 14.9 Å². The summed E-state index contributed by atoms with van der Waals surface area (Å²) in [5, 5.41) is 14.8. The minimum atomic E-state index is -0.465. The van der Waals surface area contributed by atoms with Gasteiger partial charge in [0.05, 0.1) is 17.7 Å². The molecule has 0 bridgehead atoms. The van der Waals surface area contributed by atoms with Crippen molar-refractivity contribution in [2.45, 2.75) is 65.2 Å². The number of unbranched alkanes of at least 4 members (excludes halogenated alkanes) is 7. The van der Waals surface area contributed by atoms with Crippen LogP contribution in [-0.4, -0.2) is 23.7 Å². The van der Waals surface area contributed by atoms with Gasteiger partial charge in [0.2, 0.25) is 0 Å². The number of amides is 1. The molecule has 0 aromatic heterocycles. The molecule has 0 atom stereocenters. The summed E-state index contributed by atoms with van der Waals surface area (Å²) in [5.41, 5.74) is 4.28. The Morgan fingerprint density at radius 2 is 1.69 bits per heavy atom. The van der Waals surface area contributed by atoms with Gasteiger partial charge in [0.1, 0.15) is 5.75 Å². The van der Waals surface area contributed by atoms with E-state index < -0.39 is 4.92 Å². The average molecular weight is 440 g/mol. The Bertz CT molecular complexity index is 895. The third-order valence-electron chi connectivity index (χ3n) is 5.23. The zero-order valence-corrected chi connectivity index (χ0v) is 19.0. The molecular weight excluding hydrogens is 406 g/mol.